The van der Waals surface area contributed by atoms with E-state index in [1.807, 2.05) is 31.2 Å². The molecule has 2 aromatic heterocycles. The summed E-state index contributed by atoms with van der Waals surface area (Å²) in [6.07, 6.45) is 1.54. The minimum Gasteiger partial charge on any atom is -0.459 e. The second-order valence-electron chi connectivity index (χ2n) is 5.37. The van der Waals surface area contributed by atoms with Gasteiger partial charge in [0.15, 0.2) is 5.76 Å². The van der Waals surface area contributed by atoms with E-state index in [9.17, 15) is 4.79 Å². The molecular formula is C17H17N3O3S. The lowest BCUT2D eigenvalue weighted by atomic mass is 10.1. The van der Waals surface area contributed by atoms with E-state index < -0.39 is 0 Å². The number of nitrogens with zero attached hydrogens (tertiary/aromatic N) is 3. The topological polar surface area (TPSA) is 72.4 Å². The molecule has 0 fully saturated rings. The number of carbonyl (C=O) groups is 1. The second-order valence-corrected chi connectivity index (χ2v) is 6.30. The summed E-state index contributed by atoms with van der Waals surface area (Å²) in [5.74, 6) is 1.06. The van der Waals surface area contributed by atoms with Crippen molar-refractivity contribution in [2.75, 3.05) is 12.8 Å². The number of carbonyl (C=O) groups excluding carboxylic acids is 1. The maximum Gasteiger partial charge on any atom is 0.284 e. The van der Waals surface area contributed by atoms with E-state index >= 15 is 0 Å². The smallest absolute Gasteiger partial charge is 0.284 e. The zero-order valence-corrected chi connectivity index (χ0v) is 14.2. The van der Waals surface area contributed by atoms with Gasteiger partial charge in [-0.15, -0.1) is 10.2 Å². The van der Waals surface area contributed by atoms with Crippen molar-refractivity contribution in [3.8, 4) is 11.7 Å². The first kappa shape index (κ1) is 16.3. The summed E-state index contributed by atoms with van der Waals surface area (Å²) in [6, 6.07) is 11.6. The lowest BCUT2D eigenvalue weighted by Crippen LogP contribution is -2.27. The van der Waals surface area contributed by atoms with Crippen LogP contribution in [0.4, 0.5) is 0 Å². The molecule has 0 saturated heterocycles. The van der Waals surface area contributed by atoms with E-state index in [1.54, 1.807) is 24.1 Å². The van der Waals surface area contributed by atoms with Gasteiger partial charge in [0, 0.05) is 13.6 Å². The Labute approximate surface area is 143 Å². The number of furan rings is 1. The lowest BCUT2D eigenvalue weighted by Gasteiger charge is -2.16. The van der Waals surface area contributed by atoms with Crippen LogP contribution in [0.1, 0.15) is 11.1 Å². The molecule has 3 rings (SSSR count). The summed E-state index contributed by atoms with van der Waals surface area (Å²) in [5.41, 5.74) is 2.30. The molecule has 6 nitrogen and oxygen atoms in total. The number of thioether (sulfide) groups is 1. The van der Waals surface area contributed by atoms with Crippen molar-refractivity contribution >= 4 is 17.7 Å². The molecule has 0 atom stereocenters. The quantitative estimate of drug-likeness (QED) is 0.639. The van der Waals surface area contributed by atoms with Crippen LogP contribution in [0.25, 0.3) is 11.7 Å². The van der Waals surface area contributed by atoms with Crippen LogP contribution in [-0.2, 0) is 11.3 Å². The highest BCUT2D eigenvalue weighted by molar-refractivity contribution is 7.99. The molecule has 24 heavy (non-hydrogen) atoms. The van der Waals surface area contributed by atoms with E-state index in [2.05, 4.69) is 10.2 Å². The third-order valence-corrected chi connectivity index (χ3v) is 4.23. The van der Waals surface area contributed by atoms with Crippen LogP contribution in [0.15, 0.2) is 56.7 Å². The standard InChI is InChI=1S/C17H17N3O3S/c1-12-5-7-13(8-6-12)10-20(2)15(21)11-24-17-19-18-16(23-17)14-4-3-9-22-14/h3-9H,10-11H2,1-2H3. The Kier molecular flexibility index (Phi) is 5.00. The molecule has 0 aliphatic rings. The zero-order chi connectivity index (χ0) is 16.9. The monoisotopic (exact) mass is 343 g/mol. The summed E-state index contributed by atoms with van der Waals surface area (Å²) in [6.45, 7) is 2.61. The Balaban J connectivity index is 1.52. The molecule has 0 unspecified atom stereocenters. The van der Waals surface area contributed by atoms with Gasteiger partial charge in [-0.05, 0) is 24.6 Å². The summed E-state index contributed by atoms with van der Waals surface area (Å²) >= 11 is 1.21. The summed E-state index contributed by atoms with van der Waals surface area (Å²) in [5, 5.41) is 8.16. The van der Waals surface area contributed by atoms with Gasteiger partial charge in [0.05, 0.1) is 12.0 Å². The molecule has 0 spiro atoms. The lowest BCUT2D eigenvalue weighted by molar-refractivity contribution is -0.127. The highest BCUT2D eigenvalue weighted by Crippen LogP contribution is 2.23. The number of aromatic nitrogens is 2. The van der Waals surface area contributed by atoms with Crippen LogP contribution in [-0.4, -0.2) is 33.8 Å². The molecule has 124 valence electrons. The van der Waals surface area contributed by atoms with Gasteiger partial charge in [0.2, 0.25) is 5.91 Å². The summed E-state index contributed by atoms with van der Waals surface area (Å²) in [4.78, 5) is 13.9. The Morgan fingerprint density at radius 1 is 1.21 bits per heavy atom. The van der Waals surface area contributed by atoms with Crippen molar-refractivity contribution < 1.29 is 13.6 Å². The van der Waals surface area contributed by atoms with Crippen molar-refractivity contribution in [3.63, 3.8) is 0 Å². The van der Waals surface area contributed by atoms with E-state index in [0.29, 0.717) is 23.4 Å². The fourth-order valence-electron chi connectivity index (χ4n) is 2.06. The van der Waals surface area contributed by atoms with Crippen LogP contribution in [0, 0.1) is 6.92 Å². The predicted octanol–water partition coefficient (Wildman–Crippen LogP) is 3.39. The first-order valence-corrected chi connectivity index (χ1v) is 8.40. The second kappa shape index (κ2) is 7.35. The normalized spacial score (nSPS) is 10.8. The molecule has 0 saturated carbocycles. The average Bonchev–Trinajstić information content (AvgIpc) is 3.25. The highest BCUT2D eigenvalue weighted by Gasteiger charge is 2.15. The molecule has 0 aliphatic heterocycles. The van der Waals surface area contributed by atoms with Crippen LogP contribution in [0.2, 0.25) is 0 Å². The Hall–Kier alpha value is -2.54. The van der Waals surface area contributed by atoms with E-state index in [4.69, 9.17) is 8.83 Å². The minimum atomic E-state index is -0.00155. The Morgan fingerprint density at radius 3 is 2.71 bits per heavy atom. The van der Waals surface area contributed by atoms with Gasteiger partial charge in [-0.1, -0.05) is 41.6 Å². The Bertz CT molecular complexity index is 797. The number of amides is 1. The third-order valence-electron chi connectivity index (χ3n) is 3.42. The SMILES string of the molecule is Cc1ccc(CN(C)C(=O)CSc2nnc(-c3ccco3)o2)cc1. The summed E-state index contributed by atoms with van der Waals surface area (Å²) < 4.78 is 10.7. The molecule has 1 amide bonds. The number of aryl methyl sites for hydroxylation is 1. The molecule has 0 aliphatic carbocycles. The van der Waals surface area contributed by atoms with Crippen molar-refractivity contribution in [1.82, 2.24) is 15.1 Å². The minimum absolute atomic E-state index is 0.00155. The van der Waals surface area contributed by atoms with Crippen molar-refractivity contribution in [2.45, 2.75) is 18.7 Å². The Morgan fingerprint density at radius 2 is 2.00 bits per heavy atom. The molecule has 3 aromatic rings. The molecular weight excluding hydrogens is 326 g/mol. The maximum absolute atomic E-state index is 12.2. The van der Waals surface area contributed by atoms with E-state index in [1.165, 1.54) is 23.6 Å². The van der Waals surface area contributed by atoms with Crippen LogP contribution in [0.5, 0.6) is 0 Å². The van der Waals surface area contributed by atoms with Gasteiger partial charge in [-0.3, -0.25) is 4.79 Å². The zero-order valence-electron chi connectivity index (χ0n) is 13.4. The largest absolute Gasteiger partial charge is 0.459 e. The van der Waals surface area contributed by atoms with Gasteiger partial charge in [0.1, 0.15) is 0 Å². The third kappa shape index (κ3) is 4.05. The molecule has 0 radical (unpaired) electrons. The molecule has 0 N–H and O–H groups in total. The van der Waals surface area contributed by atoms with Crippen LogP contribution < -0.4 is 0 Å². The molecule has 7 heteroatoms. The van der Waals surface area contributed by atoms with Crippen LogP contribution in [0.3, 0.4) is 0 Å². The predicted molar refractivity (Wildman–Crippen MR) is 90.4 cm³/mol. The van der Waals surface area contributed by atoms with Gasteiger partial charge < -0.3 is 13.7 Å². The number of rotatable bonds is 6. The average molecular weight is 343 g/mol. The van der Waals surface area contributed by atoms with Crippen molar-refractivity contribution in [3.05, 3.63) is 53.8 Å². The number of hydrogen-bond acceptors (Lipinski definition) is 6. The first-order valence-electron chi connectivity index (χ1n) is 7.41. The summed E-state index contributed by atoms with van der Waals surface area (Å²) in [7, 11) is 1.78. The fourth-order valence-corrected chi connectivity index (χ4v) is 2.76. The van der Waals surface area contributed by atoms with Crippen molar-refractivity contribution in [1.29, 1.82) is 0 Å². The van der Waals surface area contributed by atoms with Crippen LogP contribution >= 0.6 is 11.8 Å². The fraction of sp³-hybridized carbons (Fsp3) is 0.235. The number of hydrogen-bond donors (Lipinski definition) is 0. The molecule has 2 heterocycles. The van der Waals surface area contributed by atoms with Gasteiger partial charge in [0.25, 0.3) is 11.1 Å². The first-order chi connectivity index (χ1) is 11.6. The van der Waals surface area contributed by atoms with Gasteiger partial charge in [-0.25, -0.2) is 0 Å². The van der Waals surface area contributed by atoms with E-state index in [0.717, 1.165) is 5.56 Å². The van der Waals surface area contributed by atoms with E-state index in [-0.39, 0.29) is 11.7 Å². The van der Waals surface area contributed by atoms with Gasteiger partial charge >= 0.3 is 0 Å². The van der Waals surface area contributed by atoms with Gasteiger partial charge in [-0.2, -0.15) is 0 Å². The highest BCUT2D eigenvalue weighted by atomic mass is 32.2. The number of benzene rings is 1. The van der Waals surface area contributed by atoms with Crippen molar-refractivity contribution in [2.24, 2.45) is 0 Å². The molecule has 1 aromatic carbocycles. The molecule has 0 bridgehead atoms. The maximum atomic E-state index is 12.2.